The van der Waals surface area contributed by atoms with Gasteiger partial charge in [-0.05, 0) is 37.1 Å². The molecule has 2 aromatic rings. The monoisotopic (exact) mass is 398 g/mol. The third-order valence-electron chi connectivity index (χ3n) is 4.43. The summed E-state index contributed by atoms with van der Waals surface area (Å²) < 4.78 is 66.6. The molecule has 0 aromatic heterocycles. The molecule has 0 unspecified atom stereocenters. The van der Waals surface area contributed by atoms with Crippen molar-refractivity contribution in [1.82, 2.24) is 4.31 Å². The van der Waals surface area contributed by atoms with Crippen LogP contribution in [0.3, 0.4) is 0 Å². The summed E-state index contributed by atoms with van der Waals surface area (Å²) in [7, 11) is -3.75. The van der Waals surface area contributed by atoms with E-state index < -0.39 is 45.0 Å². The zero-order valence-corrected chi connectivity index (χ0v) is 15.0. The number of rotatable bonds is 4. The molecular formula is C18H17F3N2O3S. The number of halogens is 3. The molecule has 0 bridgehead atoms. The lowest BCUT2D eigenvalue weighted by Crippen LogP contribution is -2.43. The zero-order chi connectivity index (χ0) is 19.6. The molecular weight excluding hydrogens is 381 g/mol. The Morgan fingerprint density at radius 3 is 2.44 bits per heavy atom. The molecule has 27 heavy (non-hydrogen) atoms. The quantitative estimate of drug-likeness (QED) is 0.805. The van der Waals surface area contributed by atoms with Gasteiger partial charge in [-0.25, -0.2) is 21.6 Å². The molecule has 1 heterocycles. The molecule has 0 spiro atoms. The second-order valence-electron chi connectivity index (χ2n) is 6.23. The molecule has 2 aromatic carbocycles. The smallest absolute Gasteiger partial charge is 0.243 e. The molecule has 3 rings (SSSR count). The van der Waals surface area contributed by atoms with Crippen LogP contribution in [0.5, 0.6) is 0 Å². The van der Waals surface area contributed by atoms with Crippen LogP contribution in [0.4, 0.5) is 18.9 Å². The molecule has 1 amide bonds. The summed E-state index contributed by atoms with van der Waals surface area (Å²) in [5.74, 6) is -5.90. The first kappa shape index (κ1) is 19.4. The van der Waals surface area contributed by atoms with Gasteiger partial charge in [0.15, 0.2) is 17.5 Å². The van der Waals surface area contributed by atoms with Gasteiger partial charge in [0.2, 0.25) is 15.9 Å². The van der Waals surface area contributed by atoms with Gasteiger partial charge in [0, 0.05) is 13.1 Å². The number of hydrogen-bond acceptors (Lipinski definition) is 3. The van der Waals surface area contributed by atoms with Crippen molar-refractivity contribution in [3.8, 4) is 0 Å². The predicted octanol–water partition coefficient (Wildman–Crippen LogP) is 3.14. The molecule has 0 aliphatic carbocycles. The van der Waals surface area contributed by atoms with E-state index in [0.29, 0.717) is 18.9 Å². The molecule has 0 radical (unpaired) electrons. The van der Waals surface area contributed by atoms with Crippen LogP contribution in [-0.2, 0) is 14.8 Å². The van der Waals surface area contributed by atoms with Crippen LogP contribution in [-0.4, -0.2) is 31.7 Å². The van der Waals surface area contributed by atoms with Crippen molar-refractivity contribution in [1.29, 1.82) is 0 Å². The third kappa shape index (κ3) is 3.98. The zero-order valence-electron chi connectivity index (χ0n) is 14.2. The minimum absolute atomic E-state index is 0.0750. The number of amides is 1. The Bertz CT molecular complexity index is 952. The Morgan fingerprint density at radius 1 is 1.04 bits per heavy atom. The third-order valence-corrected chi connectivity index (χ3v) is 6.31. The summed E-state index contributed by atoms with van der Waals surface area (Å²) in [6, 6.07) is 9.47. The number of hydrogen-bond donors (Lipinski definition) is 1. The van der Waals surface area contributed by atoms with Gasteiger partial charge in [0.1, 0.15) is 0 Å². The fraction of sp³-hybridized carbons (Fsp3) is 0.278. The second kappa shape index (κ2) is 7.69. The summed E-state index contributed by atoms with van der Waals surface area (Å²) in [5.41, 5.74) is -0.484. The van der Waals surface area contributed by atoms with E-state index in [1.54, 1.807) is 18.2 Å². The maximum atomic E-state index is 13.7. The molecule has 5 nitrogen and oxygen atoms in total. The number of anilines is 1. The number of piperidine rings is 1. The van der Waals surface area contributed by atoms with E-state index in [4.69, 9.17) is 0 Å². The summed E-state index contributed by atoms with van der Waals surface area (Å²) >= 11 is 0. The summed E-state index contributed by atoms with van der Waals surface area (Å²) in [6.45, 7) is 0.189. The van der Waals surface area contributed by atoms with Crippen LogP contribution in [0.15, 0.2) is 47.4 Å². The van der Waals surface area contributed by atoms with Gasteiger partial charge in [-0.2, -0.15) is 4.31 Å². The van der Waals surface area contributed by atoms with Crippen molar-refractivity contribution < 1.29 is 26.4 Å². The number of nitrogens with zero attached hydrogens (tertiary/aromatic N) is 1. The number of carbonyl (C=O) groups excluding carboxylic acids is 1. The average Bonchev–Trinajstić information content (AvgIpc) is 2.69. The summed E-state index contributed by atoms with van der Waals surface area (Å²) in [6.07, 6.45) is 0.850. The molecule has 1 N–H and O–H groups in total. The predicted molar refractivity (Wildman–Crippen MR) is 92.9 cm³/mol. The van der Waals surface area contributed by atoms with Gasteiger partial charge in [0.05, 0.1) is 16.5 Å². The fourth-order valence-corrected chi connectivity index (χ4v) is 4.52. The van der Waals surface area contributed by atoms with Crippen LogP contribution in [0, 0.1) is 23.4 Å². The molecule has 1 fully saturated rings. The van der Waals surface area contributed by atoms with Crippen molar-refractivity contribution in [3.63, 3.8) is 0 Å². The van der Waals surface area contributed by atoms with E-state index in [1.165, 1.54) is 16.4 Å². The average molecular weight is 398 g/mol. The van der Waals surface area contributed by atoms with Crippen molar-refractivity contribution in [2.24, 2.45) is 5.92 Å². The number of benzene rings is 2. The first-order valence-electron chi connectivity index (χ1n) is 8.30. The van der Waals surface area contributed by atoms with Crippen LogP contribution in [0.25, 0.3) is 0 Å². The van der Waals surface area contributed by atoms with E-state index in [-0.39, 0.29) is 18.0 Å². The topological polar surface area (TPSA) is 66.5 Å². The van der Waals surface area contributed by atoms with Gasteiger partial charge in [-0.3, -0.25) is 4.79 Å². The van der Waals surface area contributed by atoms with Crippen molar-refractivity contribution >= 4 is 21.6 Å². The molecule has 0 saturated carbocycles. The van der Waals surface area contributed by atoms with Crippen LogP contribution < -0.4 is 5.32 Å². The summed E-state index contributed by atoms with van der Waals surface area (Å²) in [4.78, 5) is 12.5. The highest BCUT2D eigenvalue weighted by atomic mass is 32.2. The highest BCUT2D eigenvalue weighted by Crippen LogP contribution is 2.26. The Balaban J connectivity index is 1.75. The highest BCUT2D eigenvalue weighted by Gasteiger charge is 2.33. The highest BCUT2D eigenvalue weighted by molar-refractivity contribution is 7.89. The number of sulfonamides is 1. The minimum atomic E-state index is -3.75. The van der Waals surface area contributed by atoms with E-state index in [9.17, 15) is 26.4 Å². The van der Waals surface area contributed by atoms with E-state index in [2.05, 4.69) is 5.32 Å². The van der Waals surface area contributed by atoms with Crippen molar-refractivity contribution in [2.75, 3.05) is 18.4 Å². The molecule has 1 saturated heterocycles. The van der Waals surface area contributed by atoms with Crippen LogP contribution in [0.1, 0.15) is 12.8 Å². The lowest BCUT2D eigenvalue weighted by molar-refractivity contribution is -0.120. The van der Waals surface area contributed by atoms with E-state index in [0.717, 1.165) is 6.07 Å². The Morgan fingerprint density at radius 2 is 1.74 bits per heavy atom. The molecule has 9 heteroatoms. The number of nitrogens with one attached hydrogen (secondary N) is 1. The SMILES string of the molecule is O=C(Nc1ccc(F)c(F)c1F)[C@@H]1CCCN(S(=O)(=O)c2ccccc2)C1. The normalized spacial score (nSPS) is 18.3. The Kier molecular flexibility index (Phi) is 5.52. The van der Waals surface area contributed by atoms with Gasteiger partial charge < -0.3 is 5.32 Å². The van der Waals surface area contributed by atoms with Crippen LogP contribution in [0.2, 0.25) is 0 Å². The van der Waals surface area contributed by atoms with Gasteiger partial charge in [-0.1, -0.05) is 18.2 Å². The standard InChI is InChI=1S/C18H17F3N2O3S/c19-14-8-9-15(17(21)16(14)20)22-18(24)12-5-4-10-23(11-12)27(25,26)13-6-2-1-3-7-13/h1-3,6-9,12H,4-5,10-11H2,(H,22,24)/t12-/m1/s1. The van der Waals surface area contributed by atoms with Crippen molar-refractivity contribution in [3.05, 3.63) is 59.9 Å². The largest absolute Gasteiger partial charge is 0.323 e. The van der Waals surface area contributed by atoms with Gasteiger partial charge >= 0.3 is 0 Å². The lowest BCUT2D eigenvalue weighted by atomic mass is 9.98. The van der Waals surface area contributed by atoms with Gasteiger partial charge in [0.25, 0.3) is 0 Å². The Hall–Kier alpha value is -2.39. The number of carbonyl (C=O) groups is 1. The first-order valence-corrected chi connectivity index (χ1v) is 9.74. The van der Waals surface area contributed by atoms with Crippen molar-refractivity contribution in [2.45, 2.75) is 17.7 Å². The molecule has 1 aliphatic heterocycles. The Labute approximate surface area is 154 Å². The minimum Gasteiger partial charge on any atom is -0.323 e. The molecule has 1 aliphatic rings. The van der Waals surface area contributed by atoms with Crippen LogP contribution >= 0.6 is 0 Å². The second-order valence-corrected chi connectivity index (χ2v) is 8.17. The van der Waals surface area contributed by atoms with E-state index in [1.807, 2.05) is 0 Å². The van der Waals surface area contributed by atoms with Gasteiger partial charge in [-0.15, -0.1) is 0 Å². The lowest BCUT2D eigenvalue weighted by Gasteiger charge is -2.31. The fourth-order valence-electron chi connectivity index (χ4n) is 2.97. The molecule has 1 atom stereocenters. The maximum absolute atomic E-state index is 13.7. The van der Waals surface area contributed by atoms with E-state index >= 15 is 0 Å². The maximum Gasteiger partial charge on any atom is 0.243 e. The molecule has 144 valence electrons. The first-order chi connectivity index (χ1) is 12.8. The summed E-state index contributed by atoms with van der Waals surface area (Å²) in [5, 5.41) is 2.22.